The van der Waals surface area contributed by atoms with E-state index in [1.54, 1.807) is 30.5 Å². The lowest BCUT2D eigenvalue weighted by atomic mass is 10.2. The third-order valence-electron chi connectivity index (χ3n) is 4.49. The number of nitrogens with zero attached hydrogens (tertiary/aromatic N) is 3. The second-order valence-electron chi connectivity index (χ2n) is 6.40. The summed E-state index contributed by atoms with van der Waals surface area (Å²) in [6.45, 7) is 2.88. The summed E-state index contributed by atoms with van der Waals surface area (Å²) in [4.78, 5) is 12.6. The molecule has 4 aromatic rings. The molecule has 1 N–H and O–H groups in total. The second kappa shape index (κ2) is 8.32. The van der Waals surface area contributed by atoms with Crippen molar-refractivity contribution in [3.63, 3.8) is 0 Å². The minimum atomic E-state index is -0.185. The molecule has 0 aliphatic carbocycles. The number of aromatic nitrogens is 3. The number of amides is 1. The molecule has 6 nitrogen and oxygen atoms in total. The Balaban J connectivity index is 1.53. The summed E-state index contributed by atoms with van der Waals surface area (Å²) < 4.78 is 7.44. The van der Waals surface area contributed by atoms with E-state index >= 15 is 0 Å². The average Bonchev–Trinajstić information content (AvgIpc) is 3.17. The minimum Gasteiger partial charge on any atom is -0.494 e. The Kier molecular flexibility index (Phi) is 5.44. The average molecular weight is 407 g/mol. The van der Waals surface area contributed by atoms with Gasteiger partial charge in [-0.2, -0.15) is 0 Å². The molecular weight excluding hydrogens is 388 g/mol. The molecule has 0 aliphatic heterocycles. The quantitative estimate of drug-likeness (QED) is 0.516. The molecular formula is C22H19ClN4O2. The second-order valence-corrected chi connectivity index (χ2v) is 6.83. The van der Waals surface area contributed by atoms with Gasteiger partial charge in [-0.1, -0.05) is 29.8 Å². The number of pyridine rings is 1. The summed E-state index contributed by atoms with van der Waals surface area (Å²) in [6.07, 6.45) is 1.79. The van der Waals surface area contributed by atoms with Gasteiger partial charge < -0.3 is 10.1 Å². The molecule has 0 aliphatic rings. The molecule has 0 radical (unpaired) electrons. The molecule has 146 valence electrons. The van der Waals surface area contributed by atoms with Crippen LogP contribution in [0.25, 0.3) is 17.0 Å². The van der Waals surface area contributed by atoms with Crippen molar-refractivity contribution >= 4 is 23.2 Å². The topological polar surface area (TPSA) is 68.5 Å². The number of fused-ring (bicyclic) bond motifs is 1. The Morgan fingerprint density at radius 3 is 2.69 bits per heavy atom. The Morgan fingerprint density at radius 2 is 1.90 bits per heavy atom. The number of rotatable bonds is 6. The van der Waals surface area contributed by atoms with E-state index in [1.165, 1.54) is 0 Å². The zero-order valence-electron chi connectivity index (χ0n) is 15.8. The van der Waals surface area contributed by atoms with Crippen molar-refractivity contribution in [2.45, 2.75) is 13.5 Å². The summed E-state index contributed by atoms with van der Waals surface area (Å²) in [7, 11) is 0. The fraction of sp³-hybridized carbons (Fsp3) is 0.136. The molecule has 7 heteroatoms. The first kappa shape index (κ1) is 19.0. The van der Waals surface area contributed by atoms with Gasteiger partial charge in [-0.25, -0.2) is 0 Å². The predicted molar refractivity (Wildman–Crippen MR) is 112 cm³/mol. The molecule has 2 aromatic carbocycles. The van der Waals surface area contributed by atoms with Crippen molar-refractivity contribution in [3.05, 3.63) is 83.0 Å². The molecule has 1 amide bonds. The monoisotopic (exact) mass is 406 g/mol. The standard InChI is InChI=1S/C22H19ClN4O2/c1-2-29-19-6-4-3-5-17(19)14-24-22(28)16-11-12-27-20(13-16)25-26-21(27)15-7-9-18(23)10-8-15/h3-13H,2,14H2,1H3,(H,24,28). The van der Waals surface area contributed by atoms with Crippen LogP contribution in [0.1, 0.15) is 22.8 Å². The molecule has 0 bridgehead atoms. The van der Waals surface area contributed by atoms with Crippen molar-refractivity contribution in [2.75, 3.05) is 6.61 Å². The lowest BCUT2D eigenvalue weighted by molar-refractivity contribution is 0.0950. The minimum absolute atomic E-state index is 0.185. The largest absolute Gasteiger partial charge is 0.494 e. The van der Waals surface area contributed by atoms with Gasteiger partial charge in [-0.05, 0) is 49.4 Å². The Bertz CT molecular complexity index is 1160. The number of hydrogen-bond donors (Lipinski definition) is 1. The van der Waals surface area contributed by atoms with Crippen molar-refractivity contribution in [1.29, 1.82) is 0 Å². The lowest BCUT2D eigenvalue weighted by Gasteiger charge is -2.11. The van der Waals surface area contributed by atoms with Crippen LogP contribution < -0.4 is 10.1 Å². The van der Waals surface area contributed by atoms with Gasteiger partial charge in [0.2, 0.25) is 0 Å². The van der Waals surface area contributed by atoms with Crippen LogP contribution in [-0.4, -0.2) is 27.1 Å². The zero-order chi connectivity index (χ0) is 20.2. The number of benzene rings is 2. The van der Waals surface area contributed by atoms with E-state index in [2.05, 4.69) is 15.5 Å². The fourth-order valence-electron chi connectivity index (χ4n) is 3.05. The smallest absolute Gasteiger partial charge is 0.251 e. The Hall–Kier alpha value is -3.38. The first-order chi connectivity index (χ1) is 14.2. The number of carbonyl (C=O) groups excluding carboxylic acids is 1. The van der Waals surface area contributed by atoms with Gasteiger partial charge in [0, 0.05) is 34.5 Å². The third-order valence-corrected chi connectivity index (χ3v) is 4.74. The van der Waals surface area contributed by atoms with Gasteiger partial charge in [-0.15, -0.1) is 10.2 Å². The maximum Gasteiger partial charge on any atom is 0.251 e. The number of halogens is 1. The van der Waals surface area contributed by atoms with Crippen LogP contribution in [0.2, 0.25) is 5.02 Å². The van der Waals surface area contributed by atoms with Crippen molar-refractivity contribution in [2.24, 2.45) is 0 Å². The van der Waals surface area contributed by atoms with Crippen LogP contribution in [-0.2, 0) is 6.54 Å². The molecule has 0 atom stereocenters. The zero-order valence-corrected chi connectivity index (χ0v) is 16.6. The predicted octanol–water partition coefficient (Wildman–Crippen LogP) is 4.38. The van der Waals surface area contributed by atoms with E-state index in [4.69, 9.17) is 16.3 Å². The number of carbonyl (C=O) groups is 1. The van der Waals surface area contributed by atoms with Gasteiger partial charge >= 0.3 is 0 Å². The molecule has 4 rings (SSSR count). The maximum absolute atomic E-state index is 12.6. The van der Waals surface area contributed by atoms with Gasteiger partial charge in [0.1, 0.15) is 5.75 Å². The molecule has 0 saturated heterocycles. The molecule has 29 heavy (non-hydrogen) atoms. The third kappa shape index (κ3) is 4.07. The highest BCUT2D eigenvalue weighted by atomic mass is 35.5. The molecule has 0 fully saturated rings. The van der Waals surface area contributed by atoms with E-state index in [-0.39, 0.29) is 5.91 Å². The van der Waals surface area contributed by atoms with Crippen molar-refractivity contribution in [3.8, 4) is 17.1 Å². The fourth-order valence-corrected chi connectivity index (χ4v) is 3.18. The maximum atomic E-state index is 12.6. The van der Waals surface area contributed by atoms with E-state index in [1.807, 2.05) is 47.7 Å². The van der Waals surface area contributed by atoms with Crippen LogP contribution in [0.4, 0.5) is 0 Å². The van der Waals surface area contributed by atoms with Crippen LogP contribution in [0, 0.1) is 0 Å². The summed E-state index contributed by atoms with van der Waals surface area (Å²) in [5.41, 5.74) is 2.93. The van der Waals surface area contributed by atoms with Crippen LogP contribution >= 0.6 is 11.6 Å². The van der Waals surface area contributed by atoms with E-state index in [0.29, 0.717) is 35.2 Å². The van der Waals surface area contributed by atoms with Gasteiger partial charge in [0.25, 0.3) is 5.91 Å². The van der Waals surface area contributed by atoms with E-state index in [9.17, 15) is 4.79 Å². The lowest BCUT2D eigenvalue weighted by Crippen LogP contribution is -2.23. The number of para-hydroxylation sites is 1. The van der Waals surface area contributed by atoms with Crippen LogP contribution in [0.3, 0.4) is 0 Å². The summed E-state index contributed by atoms with van der Waals surface area (Å²) in [5.74, 6) is 1.28. The van der Waals surface area contributed by atoms with Crippen LogP contribution in [0.15, 0.2) is 66.9 Å². The molecule has 0 unspecified atom stereocenters. The van der Waals surface area contributed by atoms with E-state index in [0.717, 1.165) is 16.9 Å². The SMILES string of the molecule is CCOc1ccccc1CNC(=O)c1ccn2c(-c3ccc(Cl)cc3)nnc2c1. The Morgan fingerprint density at radius 1 is 1.10 bits per heavy atom. The van der Waals surface area contributed by atoms with Crippen molar-refractivity contribution in [1.82, 2.24) is 19.9 Å². The first-order valence-corrected chi connectivity index (χ1v) is 9.63. The van der Waals surface area contributed by atoms with Crippen LogP contribution in [0.5, 0.6) is 5.75 Å². The highest BCUT2D eigenvalue weighted by Crippen LogP contribution is 2.21. The van der Waals surface area contributed by atoms with Crippen molar-refractivity contribution < 1.29 is 9.53 Å². The van der Waals surface area contributed by atoms with Gasteiger partial charge in [0.15, 0.2) is 11.5 Å². The number of nitrogens with one attached hydrogen (secondary N) is 1. The summed E-state index contributed by atoms with van der Waals surface area (Å²) in [6, 6.07) is 18.5. The Labute approximate surface area is 173 Å². The molecule has 0 saturated carbocycles. The number of ether oxygens (including phenoxy) is 1. The number of hydrogen-bond acceptors (Lipinski definition) is 4. The highest BCUT2D eigenvalue weighted by molar-refractivity contribution is 6.30. The molecule has 2 heterocycles. The van der Waals surface area contributed by atoms with Gasteiger partial charge in [0.05, 0.1) is 6.61 Å². The normalized spacial score (nSPS) is 10.8. The van der Waals surface area contributed by atoms with E-state index < -0.39 is 0 Å². The first-order valence-electron chi connectivity index (χ1n) is 9.25. The van der Waals surface area contributed by atoms with Gasteiger partial charge in [-0.3, -0.25) is 9.20 Å². The highest BCUT2D eigenvalue weighted by Gasteiger charge is 2.12. The summed E-state index contributed by atoms with van der Waals surface area (Å²) >= 11 is 5.95. The molecule has 2 aromatic heterocycles. The summed E-state index contributed by atoms with van der Waals surface area (Å²) in [5, 5.41) is 12.0. The molecule has 0 spiro atoms.